The average Bonchev–Trinajstić information content (AvgIpc) is 2.45. The molecule has 0 aromatic heterocycles. The summed E-state index contributed by atoms with van der Waals surface area (Å²) in [4.78, 5) is 4.46. The third-order valence-electron chi connectivity index (χ3n) is 4.00. The Morgan fingerprint density at radius 2 is 2.26 bits per heavy atom. The van der Waals surface area contributed by atoms with Crippen LogP contribution in [0.2, 0.25) is 0 Å². The van der Waals surface area contributed by atoms with E-state index in [2.05, 4.69) is 43.2 Å². The van der Waals surface area contributed by atoms with E-state index in [-0.39, 0.29) is 0 Å². The minimum atomic E-state index is 0.915. The molecule has 0 radical (unpaired) electrons. The first-order valence-electron chi connectivity index (χ1n) is 7.00. The molecule has 1 aliphatic rings. The zero-order valence-electron chi connectivity index (χ0n) is 12.2. The van der Waals surface area contributed by atoms with Crippen LogP contribution < -0.4 is 0 Å². The van der Waals surface area contributed by atoms with Crippen molar-refractivity contribution in [2.24, 2.45) is 0 Å². The third-order valence-corrected chi connectivity index (χ3v) is 4.00. The lowest BCUT2D eigenvalue weighted by Gasteiger charge is -2.32. The van der Waals surface area contributed by atoms with Crippen LogP contribution in [0.25, 0.3) is 0 Å². The summed E-state index contributed by atoms with van der Waals surface area (Å²) in [7, 11) is 2.00. The fourth-order valence-electron chi connectivity index (χ4n) is 2.71. The van der Waals surface area contributed by atoms with Crippen LogP contribution in [-0.4, -0.2) is 29.9 Å². The average molecular weight is 256 g/mol. The number of rotatable bonds is 5. The number of hydrogen-bond donors (Lipinski definition) is 0. The SMILES string of the molecule is C=CN(C)C(=C)CN1CCc2c(CC)cccc2C1. The van der Waals surface area contributed by atoms with Gasteiger partial charge in [0.15, 0.2) is 0 Å². The summed E-state index contributed by atoms with van der Waals surface area (Å²) in [5.41, 5.74) is 5.67. The Hall–Kier alpha value is -1.54. The van der Waals surface area contributed by atoms with Gasteiger partial charge in [-0.15, -0.1) is 0 Å². The fraction of sp³-hybridized carbons (Fsp3) is 0.412. The van der Waals surface area contributed by atoms with Crippen LogP contribution in [0.4, 0.5) is 0 Å². The summed E-state index contributed by atoms with van der Waals surface area (Å²) in [5, 5.41) is 0. The Kier molecular flexibility index (Phi) is 4.43. The first-order valence-corrected chi connectivity index (χ1v) is 7.00. The van der Waals surface area contributed by atoms with Crippen molar-refractivity contribution in [1.29, 1.82) is 0 Å². The van der Waals surface area contributed by atoms with Crippen molar-refractivity contribution < 1.29 is 0 Å². The van der Waals surface area contributed by atoms with Gasteiger partial charge >= 0.3 is 0 Å². The summed E-state index contributed by atoms with van der Waals surface area (Å²) in [6.45, 7) is 13.2. The molecule has 19 heavy (non-hydrogen) atoms. The van der Waals surface area contributed by atoms with E-state index in [0.717, 1.165) is 38.2 Å². The Bertz CT molecular complexity index is 476. The van der Waals surface area contributed by atoms with Gasteiger partial charge in [-0.25, -0.2) is 0 Å². The second-order valence-electron chi connectivity index (χ2n) is 5.23. The molecule has 0 bridgehead atoms. The van der Waals surface area contributed by atoms with Gasteiger partial charge in [-0.3, -0.25) is 4.90 Å². The molecule has 1 aliphatic heterocycles. The highest BCUT2D eigenvalue weighted by molar-refractivity contribution is 5.37. The highest BCUT2D eigenvalue weighted by atomic mass is 15.2. The van der Waals surface area contributed by atoms with E-state index < -0.39 is 0 Å². The molecule has 1 heterocycles. The standard InChI is InChI=1S/C17H24N2/c1-5-15-8-7-9-16-13-19(11-10-17(15)16)12-14(3)18(4)6-2/h6-9H,2-3,5,10-13H2,1,4H3. The zero-order valence-corrected chi connectivity index (χ0v) is 12.2. The second-order valence-corrected chi connectivity index (χ2v) is 5.23. The van der Waals surface area contributed by atoms with Crippen LogP contribution in [0.5, 0.6) is 0 Å². The monoisotopic (exact) mass is 256 g/mol. The summed E-state index contributed by atoms with van der Waals surface area (Å²) >= 11 is 0. The Morgan fingerprint density at radius 3 is 2.95 bits per heavy atom. The van der Waals surface area contributed by atoms with Gasteiger partial charge in [-0.2, -0.15) is 0 Å². The molecule has 2 heteroatoms. The van der Waals surface area contributed by atoms with Gasteiger partial charge < -0.3 is 4.90 Å². The molecule has 0 saturated heterocycles. The molecule has 0 spiro atoms. The lowest BCUT2D eigenvalue weighted by atomic mass is 9.93. The van der Waals surface area contributed by atoms with E-state index in [4.69, 9.17) is 0 Å². The van der Waals surface area contributed by atoms with E-state index in [0.29, 0.717) is 0 Å². The minimum absolute atomic E-state index is 0.915. The molecule has 0 aliphatic carbocycles. The first kappa shape index (κ1) is 13.9. The van der Waals surface area contributed by atoms with Gasteiger partial charge in [-0.1, -0.05) is 38.3 Å². The molecule has 0 atom stereocenters. The fourth-order valence-corrected chi connectivity index (χ4v) is 2.71. The van der Waals surface area contributed by atoms with Crippen molar-refractivity contribution in [3.63, 3.8) is 0 Å². The molecule has 0 amide bonds. The van der Waals surface area contributed by atoms with Crippen LogP contribution in [0.3, 0.4) is 0 Å². The quantitative estimate of drug-likeness (QED) is 0.798. The van der Waals surface area contributed by atoms with E-state index >= 15 is 0 Å². The molecular formula is C17H24N2. The van der Waals surface area contributed by atoms with Gasteiger partial charge in [0.05, 0.1) is 0 Å². The molecular weight excluding hydrogens is 232 g/mol. The largest absolute Gasteiger partial charge is 0.354 e. The number of hydrogen-bond acceptors (Lipinski definition) is 2. The number of likely N-dealkylation sites (N-methyl/N-ethyl adjacent to an activating group) is 1. The van der Waals surface area contributed by atoms with Crippen molar-refractivity contribution in [2.75, 3.05) is 20.1 Å². The van der Waals surface area contributed by atoms with Crippen LogP contribution in [0, 0.1) is 0 Å². The summed E-state index contributed by atoms with van der Waals surface area (Å²) < 4.78 is 0. The maximum absolute atomic E-state index is 4.12. The maximum atomic E-state index is 4.12. The van der Waals surface area contributed by atoms with Crippen molar-refractivity contribution in [2.45, 2.75) is 26.3 Å². The predicted molar refractivity (Wildman–Crippen MR) is 81.9 cm³/mol. The van der Waals surface area contributed by atoms with Crippen molar-refractivity contribution in [3.05, 3.63) is 59.9 Å². The highest BCUT2D eigenvalue weighted by Crippen LogP contribution is 2.23. The van der Waals surface area contributed by atoms with Crippen molar-refractivity contribution in [1.82, 2.24) is 9.80 Å². The normalized spacial score (nSPS) is 14.8. The first-order chi connectivity index (χ1) is 9.15. The summed E-state index contributed by atoms with van der Waals surface area (Å²) in [6.07, 6.45) is 4.11. The number of nitrogens with zero attached hydrogens (tertiary/aromatic N) is 2. The molecule has 0 unspecified atom stereocenters. The van der Waals surface area contributed by atoms with E-state index in [1.165, 1.54) is 11.1 Å². The van der Waals surface area contributed by atoms with Crippen LogP contribution in [-0.2, 0) is 19.4 Å². The summed E-state index contributed by atoms with van der Waals surface area (Å²) in [6, 6.07) is 6.71. The van der Waals surface area contributed by atoms with Crippen LogP contribution >= 0.6 is 0 Å². The summed E-state index contributed by atoms with van der Waals surface area (Å²) in [5.74, 6) is 0. The second kappa shape index (κ2) is 6.07. The Balaban J connectivity index is 2.06. The van der Waals surface area contributed by atoms with Crippen molar-refractivity contribution in [3.8, 4) is 0 Å². The number of fused-ring (bicyclic) bond motifs is 1. The van der Waals surface area contributed by atoms with E-state index in [1.54, 1.807) is 5.56 Å². The van der Waals surface area contributed by atoms with Gasteiger partial charge in [0.2, 0.25) is 0 Å². The molecule has 2 nitrogen and oxygen atoms in total. The van der Waals surface area contributed by atoms with Gasteiger partial charge in [0.25, 0.3) is 0 Å². The topological polar surface area (TPSA) is 6.48 Å². The Labute approximate surface area is 117 Å². The molecule has 1 aromatic rings. The van der Waals surface area contributed by atoms with E-state index in [1.807, 2.05) is 18.1 Å². The Morgan fingerprint density at radius 1 is 1.47 bits per heavy atom. The highest BCUT2D eigenvalue weighted by Gasteiger charge is 2.18. The third kappa shape index (κ3) is 3.07. The van der Waals surface area contributed by atoms with Gasteiger partial charge in [-0.05, 0) is 35.7 Å². The zero-order chi connectivity index (χ0) is 13.8. The minimum Gasteiger partial charge on any atom is -0.354 e. The maximum Gasteiger partial charge on any atom is 0.0384 e. The van der Waals surface area contributed by atoms with E-state index in [9.17, 15) is 0 Å². The van der Waals surface area contributed by atoms with Crippen LogP contribution in [0.15, 0.2) is 43.3 Å². The molecule has 0 saturated carbocycles. The van der Waals surface area contributed by atoms with Gasteiger partial charge in [0, 0.05) is 32.4 Å². The lowest BCUT2D eigenvalue weighted by Crippen LogP contribution is -2.34. The molecule has 102 valence electrons. The smallest absolute Gasteiger partial charge is 0.0384 e. The molecule has 0 N–H and O–H groups in total. The number of benzene rings is 1. The molecule has 0 fully saturated rings. The number of aryl methyl sites for hydroxylation is 1. The lowest BCUT2D eigenvalue weighted by molar-refractivity contribution is 0.259. The molecule has 1 aromatic carbocycles. The predicted octanol–water partition coefficient (Wildman–Crippen LogP) is 3.20. The molecule has 2 rings (SSSR count). The van der Waals surface area contributed by atoms with Crippen LogP contribution in [0.1, 0.15) is 23.6 Å². The van der Waals surface area contributed by atoms with Gasteiger partial charge in [0.1, 0.15) is 0 Å². The van der Waals surface area contributed by atoms with Crippen molar-refractivity contribution >= 4 is 0 Å².